The first-order valence-corrected chi connectivity index (χ1v) is 35.5. The summed E-state index contributed by atoms with van der Waals surface area (Å²) in [6, 6.07) is 7.32. The van der Waals surface area contributed by atoms with Gasteiger partial charge in [0.2, 0.25) is 6.29 Å². The largest absolute Gasteiger partial charge is 0.465 e. The van der Waals surface area contributed by atoms with Crippen LogP contribution in [0.4, 0.5) is 0 Å². The molecule has 572 valence electrons. The molecule has 1 aromatic rings. The van der Waals surface area contributed by atoms with Gasteiger partial charge in [-0.2, -0.15) is 0 Å². The van der Waals surface area contributed by atoms with Gasteiger partial charge in [0.15, 0.2) is 43.5 Å². The van der Waals surface area contributed by atoms with Crippen LogP contribution >= 0.6 is 0 Å². The zero-order valence-electron chi connectivity index (χ0n) is 59.1. The predicted molar refractivity (Wildman–Crippen MR) is 347 cm³/mol. The second kappa shape index (κ2) is 30.2. The van der Waals surface area contributed by atoms with Crippen LogP contribution in [-0.4, -0.2) is 271 Å². The molecule has 0 radical (unpaired) electrons. The Kier molecular flexibility index (Phi) is 23.3. The molecule has 5 saturated heterocycles. The molecule has 10 aliphatic rings. The van der Waals surface area contributed by atoms with Crippen molar-refractivity contribution in [3.63, 3.8) is 0 Å². The Balaban J connectivity index is 0.894. The first kappa shape index (κ1) is 78.5. The van der Waals surface area contributed by atoms with Gasteiger partial charge in [0, 0.05) is 13.0 Å². The van der Waals surface area contributed by atoms with Crippen molar-refractivity contribution in [2.75, 3.05) is 19.8 Å². The van der Waals surface area contributed by atoms with Crippen LogP contribution in [0.15, 0.2) is 42.5 Å². The number of aliphatic hydroxyl groups is 12. The van der Waals surface area contributed by atoms with Crippen molar-refractivity contribution in [2.45, 2.75) is 280 Å². The van der Waals surface area contributed by atoms with Gasteiger partial charge in [-0.05, 0) is 129 Å². The lowest BCUT2D eigenvalue weighted by molar-refractivity contribution is -0.395. The number of aldehydes is 1. The summed E-state index contributed by atoms with van der Waals surface area (Å²) in [5.41, 5.74) is -3.82. The van der Waals surface area contributed by atoms with Crippen molar-refractivity contribution in [1.29, 1.82) is 0 Å². The first-order valence-electron chi connectivity index (χ1n) is 35.5. The molecule has 1 aromatic carbocycles. The summed E-state index contributed by atoms with van der Waals surface area (Å²) in [7, 11) is 0. The molecule has 0 bridgehead atoms. The Morgan fingerprint density at radius 3 is 1.87 bits per heavy atom. The third-order valence-corrected chi connectivity index (χ3v) is 25.2. The summed E-state index contributed by atoms with van der Waals surface area (Å²) in [5, 5.41) is 134. The van der Waals surface area contributed by atoms with Crippen molar-refractivity contribution >= 4 is 36.7 Å². The minimum atomic E-state index is -2.02. The van der Waals surface area contributed by atoms with E-state index in [0.29, 0.717) is 37.7 Å². The Hall–Kier alpha value is -4.59. The van der Waals surface area contributed by atoms with E-state index in [4.69, 9.17) is 61.6 Å². The van der Waals surface area contributed by atoms with Gasteiger partial charge in [-0.1, -0.05) is 83.5 Å². The van der Waals surface area contributed by atoms with Crippen LogP contribution in [0.25, 0.3) is 6.08 Å². The number of rotatable bonds is 19. The number of hydrogen-bond donors (Lipinski definition) is 12. The molecule has 35 atom stereocenters. The lowest BCUT2D eigenvalue weighted by Gasteiger charge is -2.72. The fraction of sp³-hybridized carbons (Fsp3) is 0.792. The molecule has 30 heteroatoms. The van der Waals surface area contributed by atoms with Gasteiger partial charge in [-0.3, -0.25) is 14.4 Å². The summed E-state index contributed by atoms with van der Waals surface area (Å²) in [6.45, 7) is 16.5. The number of allylic oxidation sites excluding steroid dienone is 2. The van der Waals surface area contributed by atoms with E-state index in [1.54, 1.807) is 19.1 Å². The molecular formula is C72H104O30. The van der Waals surface area contributed by atoms with Crippen LogP contribution in [0.1, 0.15) is 125 Å². The lowest BCUT2D eigenvalue weighted by Crippen LogP contribution is -2.70. The summed E-state index contributed by atoms with van der Waals surface area (Å²) < 4.78 is 79.5. The predicted octanol–water partition coefficient (Wildman–Crippen LogP) is -0.187. The van der Waals surface area contributed by atoms with Crippen molar-refractivity contribution in [2.24, 2.45) is 56.2 Å². The lowest BCUT2D eigenvalue weighted by atomic mass is 9.32. The molecule has 11 rings (SSSR count). The van der Waals surface area contributed by atoms with Gasteiger partial charge < -0.3 is 128 Å². The number of carbonyl (C=O) groups is 5. The quantitative estimate of drug-likeness (QED) is 0.0213. The highest BCUT2D eigenvalue weighted by Gasteiger charge is 2.74. The zero-order valence-corrected chi connectivity index (χ0v) is 59.1. The van der Waals surface area contributed by atoms with Gasteiger partial charge in [0.05, 0.1) is 48.5 Å². The van der Waals surface area contributed by atoms with Gasteiger partial charge >= 0.3 is 17.9 Å². The normalized spacial score (nSPS) is 49.2. The van der Waals surface area contributed by atoms with E-state index in [9.17, 15) is 80.5 Å². The molecular weight excluding hydrogens is 1340 g/mol. The van der Waals surface area contributed by atoms with Crippen LogP contribution in [0.5, 0.6) is 0 Å². The average Bonchev–Trinajstić information content (AvgIpc) is 0.671. The number of aliphatic hydroxyl groups excluding tert-OH is 12. The molecule has 0 aromatic heterocycles. The third-order valence-electron chi connectivity index (χ3n) is 25.2. The van der Waals surface area contributed by atoms with Gasteiger partial charge in [-0.15, -0.1) is 0 Å². The van der Waals surface area contributed by atoms with E-state index in [1.807, 2.05) is 19.1 Å². The van der Waals surface area contributed by atoms with Crippen molar-refractivity contribution in [3.05, 3.63) is 53.6 Å². The van der Waals surface area contributed by atoms with Gasteiger partial charge in [-0.25, -0.2) is 4.79 Å². The molecule has 0 spiro atoms. The number of benzene rings is 1. The van der Waals surface area contributed by atoms with E-state index < -0.39 is 242 Å². The molecule has 9 fully saturated rings. The molecule has 4 saturated carbocycles. The third kappa shape index (κ3) is 14.1. The van der Waals surface area contributed by atoms with E-state index in [2.05, 4.69) is 46.8 Å². The Bertz CT molecular complexity index is 3190. The Labute approximate surface area is 591 Å². The van der Waals surface area contributed by atoms with E-state index in [1.165, 1.54) is 26.0 Å². The number of carbonyl (C=O) groups excluding carboxylic acids is 5. The fourth-order valence-electron chi connectivity index (χ4n) is 19.2. The van der Waals surface area contributed by atoms with Gasteiger partial charge in [0.25, 0.3) is 6.47 Å². The highest BCUT2D eigenvalue weighted by atomic mass is 16.8. The average molecular weight is 1450 g/mol. The maximum atomic E-state index is 16.0. The number of fused-ring (bicyclic) bond motifs is 7. The van der Waals surface area contributed by atoms with Crippen molar-refractivity contribution < 1.29 is 147 Å². The Morgan fingerprint density at radius 1 is 0.588 bits per heavy atom. The number of hydrogen-bond acceptors (Lipinski definition) is 30. The minimum Gasteiger partial charge on any atom is -0.465 e. The molecule has 25 unspecified atom stereocenters. The summed E-state index contributed by atoms with van der Waals surface area (Å²) in [4.78, 5) is 68.9. The molecule has 12 N–H and O–H groups in total. The van der Waals surface area contributed by atoms with Crippen molar-refractivity contribution in [1.82, 2.24) is 0 Å². The topological polar surface area (TPSA) is 448 Å². The van der Waals surface area contributed by atoms with E-state index in [0.717, 1.165) is 18.8 Å². The zero-order chi connectivity index (χ0) is 74.2. The van der Waals surface area contributed by atoms with Gasteiger partial charge in [0.1, 0.15) is 98.3 Å². The minimum absolute atomic E-state index is 0.0894. The SMILES string of the molecule is CC(=O)OC1C(OC(=O)/C=C\c2ccc(C)cc2)C(C)OC(OC(=O)[C@]23CCC(C)(C)C[C@H]2C2C=C[C@@H]4[C@@]5(C)CC[C@H](OC6OC(COC=O)C(O)C(OC7OCC(O)C(O)C7O)C6OC6OC(CO)C(O)C(O)C6O)[C@@](C)(C=O)[C@@H]5CC[C@@]4(C)[C@]2(C)C[C@H]3O)C1OC1OC(C)C(O)C(O)C1O. The standard InChI is InChI=1S/C72H104O30/c1-32-11-13-36(14-12-32)15-18-46(79)98-56-34(3)93-64(60(58(56)94-35(4)76)101-62-54(87)51(84)47(80)33(2)92-62)102-66(89)72-24-23-67(5,6)25-38(72)37-16-17-43-68(7)21-20-45(69(8,30-74)42(68)19-22-70(43,9)71(37,10)26-44(72)78)97-65-59(100-63-55(88)52(85)49(82)40(27-73)95-63)57(50(83)41(96-65)29-90-31-75)99-61-53(86)48(81)39(77)28-91-61/h11-18,30-31,33-34,37-45,47-65,73,77-78,80-88H,19-29H2,1-10H3/b18-15-/t33?,34?,37?,38-,39?,40?,41?,42+,43+,44+,45-,47?,48?,49?,50?,51?,52?,53?,54?,55?,56?,57?,58?,59?,60?,61?,62?,63?,64?,65?,68-,69-,70+,71+,72+/m0/s1. The molecule has 0 amide bonds. The second-order valence-electron chi connectivity index (χ2n) is 31.9. The van der Waals surface area contributed by atoms with Crippen LogP contribution < -0.4 is 0 Å². The van der Waals surface area contributed by atoms with E-state index >= 15 is 4.79 Å². The summed E-state index contributed by atoms with van der Waals surface area (Å²) >= 11 is 0. The Morgan fingerprint density at radius 2 is 1.22 bits per heavy atom. The summed E-state index contributed by atoms with van der Waals surface area (Å²) in [6.07, 6.45) is -32.9. The van der Waals surface area contributed by atoms with Crippen LogP contribution in [0.2, 0.25) is 0 Å². The summed E-state index contributed by atoms with van der Waals surface area (Å²) in [5.74, 6) is -4.34. The molecule has 5 aliphatic heterocycles. The first-order chi connectivity index (χ1) is 48.0. The molecule has 5 aliphatic carbocycles. The van der Waals surface area contributed by atoms with Crippen molar-refractivity contribution in [3.8, 4) is 0 Å². The van der Waals surface area contributed by atoms with Crippen LogP contribution in [0.3, 0.4) is 0 Å². The van der Waals surface area contributed by atoms with Crippen LogP contribution in [-0.2, 0) is 85.6 Å². The number of ether oxygens (including phenoxy) is 13. The molecule has 30 nitrogen and oxygen atoms in total. The highest BCUT2D eigenvalue weighted by Crippen LogP contribution is 2.76. The monoisotopic (exact) mass is 1450 g/mol. The molecule has 5 heterocycles. The number of esters is 3. The smallest absolute Gasteiger partial charge is 0.331 e. The maximum Gasteiger partial charge on any atom is 0.331 e. The van der Waals surface area contributed by atoms with Crippen LogP contribution in [0, 0.1) is 63.1 Å². The van der Waals surface area contributed by atoms with E-state index in [-0.39, 0.29) is 37.1 Å². The number of aryl methyl sites for hydroxylation is 1. The molecule has 102 heavy (non-hydrogen) atoms. The second-order valence-corrected chi connectivity index (χ2v) is 31.9. The maximum absolute atomic E-state index is 16.0. The fourth-order valence-corrected chi connectivity index (χ4v) is 19.2. The highest BCUT2D eigenvalue weighted by molar-refractivity contribution is 5.87.